The molecule has 2 nitrogen and oxygen atoms in total. The van der Waals surface area contributed by atoms with E-state index in [1.807, 2.05) is 6.20 Å². The number of benzene rings is 3. The molecule has 0 aliphatic carbocycles. The molecule has 0 N–H and O–H groups in total. The van der Waals surface area contributed by atoms with Crippen molar-refractivity contribution in [2.24, 2.45) is 0 Å². The van der Waals surface area contributed by atoms with Crippen LogP contribution in [-0.4, -0.2) is 9.38 Å². The number of hydrogen-bond acceptors (Lipinski definition) is 1. The predicted octanol–water partition coefficient (Wildman–Crippen LogP) is 7.50. The molecule has 6 rings (SSSR count). The molecular formula is C28H24N2. The fourth-order valence-electron chi connectivity index (χ4n) is 4.73. The molecule has 146 valence electrons. The lowest BCUT2D eigenvalue weighted by molar-refractivity contribution is 0.592. The smallest absolute Gasteiger partial charge is 0.0702 e. The normalized spacial score (nSPS) is 12.7. The highest BCUT2D eigenvalue weighted by molar-refractivity contribution is 6.23. The van der Waals surface area contributed by atoms with Gasteiger partial charge in [0.15, 0.2) is 0 Å². The maximum atomic E-state index is 4.66. The van der Waals surface area contributed by atoms with Crippen LogP contribution >= 0.6 is 0 Å². The highest BCUT2D eigenvalue weighted by Crippen LogP contribution is 2.42. The Morgan fingerprint density at radius 1 is 0.733 bits per heavy atom. The lowest BCUT2D eigenvalue weighted by Crippen LogP contribution is -2.10. The molecule has 3 heterocycles. The first-order valence-corrected chi connectivity index (χ1v) is 10.6. The summed E-state index contributed by atoms with van der Waals surface area (Å²) in [5.74, 6) is 0. The Morgan fingerprint density at radius 2 is 1.47 bits per heavy atom. The second-order valence-corrected chi connectivity index (χ2v) is 9.48. The van der Waals surface area contributed by atoms with Gasteiger partial charge < -0.3 is 4.40 Å². The quantitative estimate of drug-likeness (QED) is 0.285. The molecule has 3 aromatic heterocycles. The molecule has 0 spiro atoms. The van der Waals surface area contributed by atoms with Gasteiger partial charge in [0.1, 0.15) is 0 Å². The van der Waals surface area contributed by atoms with E-state index in [1.165, 1.54) is 49.2 Å². The molecule has 0 fully saturated rings. The third-order valence-electron chi connectivity index (χ3n) is 6.37. The summed E-state index contributed by atoms with van der Waals surface area (Å²) >= 11 is 0. The second-order valence-electron chi connectivity index (χ2n) is 9.48. The first-order valence-electron chi connectivity index (χ1n) is 10.6. The minimum Gasteiger partial charge on any atom is -0.308 e. The maximum Gasteiger partial charge on any atom is 0.0702 e. The van der Waals surface area contributed by atoms with Gasteiger partial charge in [-0.2, -0.15) is 0 Å². The monoisotopic (exact) mass is 388 g/mol. The second kappa shape index (κ2) is 5.82. The summed E-state index contributed by atoms with van der Waals surface area (Å²) in [4.78, 5) is 4.66. The van der Waals surface area contributed by atoms with Gasteiger partial charge in [-0.05, 0) is 59.9 Å². The minimum atomic E-state index is 0.0900. The van der Waals surface area contributed by atoms with E-state index >= 15 is 0 Å². The summed E-state index contributed by atoms with van der Waals surface area (Å²) in [7, 11) is 0. The fourth-order valence-corrected chi connectivity index (χ4v) is 4.73. The summed E-state index contributed by atoms with van der Waals surface area (Å²) in [5.41, 5.74) is 8.70. The largest absolute Gasteiger partial charge is 0.308 e. The van der Waals surface area contributed by atoms with Crippen molar-refractivity contribution in [2.45, 2.75) is 33.1 Å². The van der Waals surface area contributed by atoms with Gasteiger partial charge >= 0.3 is 0 Å². The zero-order valence-electron chi connectivity index (χ0n) is 17.8. The molecule has 0 aliphatic rings. The number of aromatic nitrogens is 2. The van der Waals surface area contributed by atoms with Crippen LogP contribution in [0.25, 0.3) is 49.4 Å². The summed E-state index contributed by atoms with van der Waals surface area (Å²) in [6.45, 7) is 8.96. The van der Waals surface area contributed by atoms with E-state index in [4.69, 9.17) is 0 Å². The van der Waals surface area contributed by atoms with Crippen molar-refractivity contribution in [1.29, 1.82) is 0 Å². The number of rotatable bonds is 1. The number of para-hydroxylation sites is 1. The van der Waals surface area contributed by atoms with Crippen LogP contribution in [0.4, 0.5) is 0 Å². The van der Waals surface area contributed by atoms with Crippen LogP contribution in [0.5, 0.6) is 0 Å². The van der Waals surface area contributed by atoms with Gasteiger partial charge in [0.05, 0.1) is 22.2 Å². The summed E-state index contributed by atoms with van der Waals surface area (Å²) in [5, 5.41) is 5.30. The summed E-state index contributed by atoms with van der Waals surface area (Å²) in [6.07, 6.45) is 1.94. The molecular weight excluding hydrogens is 364 g/mol. The van der Waals surface area contributed by atoms with Crippen LogP contribution in [0.3, 0.4) is 0 Å². The Balaban J connectivity index is 1.78. The number of fused-ring (bicyclic) bond motifs is 6. The summed E-state index contributed by atoms with van der Waals surface area (Å²) < 4.78 is 2.44. The molecule has 0 saturated heterocycles. The molecule has 2 heteroatoms. The van der Waals surface area contributed by atoms with E-state index in [9.17, 15) is 0 Å². The standard InChI is InChI=1S/C28H24N2/c1-17-9-11-24(29-16-17)18-10-12-26-21(13-18)23-15-19(28(2,3)4)14-22-20-7-5-6-8-25(20)30(26)27(22)23/h5-16H,1-4H3. The molecule has 0 unspecified atom stereocenters. The van der Waals surface area contributed by atoms with E-state index in [-0.39, 0.29) is 5.41 Å². The Hall–Kier alpha value is -3.39. The molecule has 0 bridgehead atoms. The number of aryl methyl sites for hydroxylation is 1. The van der Waals surface area contributed by atoms with E-state index in [0.717, 1.165) is 11.3 Å². The predicted molar refractivity (Wildman–Crippen MR) is 128 cm³/mol. The van der Waals surface area contributed by atoms with Gasteiger partial charge in [-0.25, -0.2) is 0 Å². The van der Waals surface area contributed by atoms with E-state index in [0.29, 0.717) is 0 Å². The van der Waals surface area contributed by atoms with Crippen molar-refractivity contribution in [1.82, 2.24) is 9.38 Å². The van der Waals surface area contributed by atoms with Crippen LogP contribution < -0.4 is 0 Å². The Kier molecular flexibility index (Phi) is 3.39. The van der Waals surface area contributed by atoms with Gasteiger partial charge in [0.25, 0.3) is 0 Å². The van der Waals surface area contributed by atoms with Crippen molar-refractivity contribution < 1.29 is 0 Å². The SMILES string of the molecule is Cc1ccc(-c2ccc3c(c2)c2cc(C(C)(C)C)cc4c5ccccc5n3c42)nc1. The van der Waals surface area contributed by atoms with Crippen molar-refractivity contribution in [3.8, 4) is 11.3 Å². The number of pyridine rings is 1. The van der Waals surface area contributed by atoms with Crippen LogP contribution in [0.2, 0.25) is 0 Å². The zero-order valence-corrected chi connectivity index (χ0v) is 17.8. The molecule has 0 amide bonds. The fraction of sp³-hybridized carbons (Fsp3) is 0.179. The Bertz CT molecular complexity index is 1560. The zero-order chi connectivity index (χ0) is 20.6. The molecule has 0 atom stereocenters. The van der Waals surface area contributed by atoms with Crippen LogP contribution in [0, 0.1) is 6.92 Å². The molecule has 3 aromatic carbocycles. The highest BCUT2D eigenvalue weighted by Gasteiger charge is 2.22. The first-order chi connectivity index (χ1) is 14.4. The van der Waals surface area contributed by atoms with Crippen molar-refractivity contribution in [3.63, 3.8) is 0 Å². The third-order valence-corrected chi connectivity index (χ3v) is 6.37. The Labute approximate surface area is 176 Å². The van der Waals surface area contributed by atoms with E-state index in [2.05, 4.69) is 104 Å². The summed E-state index contributed by atoms with van der Waals surface area (Å²) in [6, 6.07) is 24.6. The van der Waals surface area contributed by atoms with Gasteiger partial charge in [-0.15, -0.1) is 0 Å². The van der Waals surface area contributed by atoms with Crippen molar-refractivity contribution in [3.05, 3.63) is 84.1 Å². The highest BCUT2D eigenvalue weighted by atomic mass is 14.9. The average molecular weight is 389 g/mol. The first kappa shape index (κ1) is 17.5. The average Bonchev–Trinajstić information content (AvgIpc) is 3.24. The lowest BCUT2D eigenvalue weighted by Gasteiger charge is -2.19. The molecule has 0 aliphatic heterocycles. The minimum absolute atomic E-state index is 0.0900. The number of nitrogens with zero attached hydrogens (tertiary/aromatic N) is 2. The van der Waals surface area contributed by atoms with Crippen LogP contribution in [0.15, 0.2) is 72.9 Å². The van der Waals surface area contributed by atoms with Crippen LogP contribution in [0.1, 0.15) is 31.9 Å². The van der Waals surface area contributed by atoms with Crippen molar-refractivity contribution >= 4 is 38.1 Å². The van der Waals surface area contributed by atoms with E-state index in [1.54, 1.807) is 0 Å². The van der Waals surface area contributed by atoms with Gasteiger partial charge in [0.2, 0.25) is 0 Å². The molecule has 0 saturated carbocycles. The topological polar surface area (TPSA) is 17.3 Å². The number of hydrogen-bond donors (Lipinski definition) is 0. The van der Waals surface area contributed by atoms with Crippen molar-refractivity contribution in [2.75, 3.05) is 0 Å². The lowest BCUT2D eigenvalue weighted by atomic mass is 9.85. The third kappa shape index (κ3) is 2.34. The molecule has 30 heavy (non-hydrogen) atoms. The Morgan fingerprint density at radius 3 is 2.20 bits per heavy atom. The van der Waals surface area contributed by atoms with Crippen LogP contribution in [-0.2, 0) is 5.41 Å². The van der Waals surface area contributed by atoms with Gasteiger partial charge in [-0.1, -0.05) is 51.1 Å². The van der Waals surface area contributed by atoms with E-state index < -0.39 is 0 Å². The molecule has 6 aromatic rings. The maximum absolute atomic E-state index is 4.66. The van der Waals surface area contributed by atoms with Gasteiger partial charge in [-0.3, -0.25) is 4.98 Å². The molecule has 0 radical (unpaired) electrons. The van der Waals surface area contributed by atoms with Gasteiger partial charge in [0, 0.05) is 33.3 Å².